The van der Waals surface area contributed by atoms with Crippen LogP contribution < -0.4 is 5.32 Å². The zero-order valence-electron chi connectivity index (χ0n) is 22.1. The van der Waals surface area contributed by atoms with Gasteiger partial charge in [-0.15, -0.1) is 0 Å². The summed E-state index contributed by atoms with van der Waals surface area (Å²) in [5.74, 6) is 0.0278. The summed E-state index contributed by atoms with van der Waals surface area (Å²) < 4.78 is 0. The SMILES string of the molecule is CC/C=C\C/C=C\C/C=C\C/C=C\C/C=C\CCCC(=O)N[C@@]1(C)CCN(C(=O)c2cccnc2)C1. The molecule has 5 heteroatoms. The fourth-order valence-electron chi connectivity index (χ4n) is 4.06. The van der Waals surface area contributed by atoms with Gasteiger partial charge in [0, 0.05) is 31.9 Å². The van der Waals surface area contributed by atoms with Crippen molar-refractivity contribution in [2.75, 3.05) is 13.1 Å². The molecule has 2 heterocycles. The highest BCUT2D eigenvalue weighted by Gasteiger charge is 2.37. The highest BCUT2D eigenvalue weighted by Crippen LogP contribution is 2.22. The van der Waals surface area contributed by atoms with Gasteiger partial charge in [0.1, 0.15) is 0 Å². The average Bonchev–Trinajstić information content (AvgIpc) is 3.27. The first-order valence-corrected chi connectivity index (χ1v) is 13.3. The van der Waals surface area contributed by atoms with E-state index in [0.717, 1.165) is 51.4 Å². The molecule has 2 rings (SSSR count). The molecule has 0 bridgehead atoms. The molecule has 0 aliphatic carbocycles. The third-order valence-corrected chi connectivity index (χ3v) is 6.04. The molecule has 0 unspecified atom stereocenters. The number of nitrogens with one attached hydrogen (secondary N) is 1. The second kappa shape index (κ2) is 17.3. The normalized spacial score (nSPS) is 18.6. The fourth-order valence-corrected chi connectivity index (χ4v) is 4.06. The first-order valence-electron chi connectivity index (χ1n) is 13.3. The van der Waals surface area contributed by atoms with Gasteiger partial charge in [0.15, 0.2) is 0 Å². The van der Waals surface area contributed by atoms with E-state index in [0.29, 0.717) is 25.1 Å². The van der Waals surface area contributed by atoms with Gasteiger partial charge in [-0.05, 0) is 70.4 Å². The number of hydrogen-bond acceptors (Lipinski definition) is 3. The maximum Gasteiger partial charge on any atom is 0.255 e. The third kappa shape index (κ3) is 12.0. The lowest BCUT2D eigenvalue weighted by molar-refractivity contribution is -0.122. The summed E-state index contributed by atoms with van der Waals surface area (Å²) in [5.41, 5.74) is 0.219. The Balaban J connectivity index is 1.53. The molecule has 1 aliphatic heterocycles. The van der Waals surface area contributed by atoms with E-state index in [9.17, 15) is 9.59 Å². The number of likely N-dealkylation sites (tertiary alicyclic amines) is 1. The molecule has 1 N–H and O–H groups in total. The summed E-state index contributed by atoms with van der Waals surface area (Å²) in [4.78, 5) is 30.9. The Morgan fingerprint density at radius 3 is 2.17 bits per heavy atom. The second-order valence-electron chi connectivity index (χ2n) is 9.43. The smallest absolute Gasteiger partial charge is 0.255 e. The van der Waals surface area contributed by atoms with Crippen molar-refractivity contribution in [3.63, 3.8) is 0 Å². The maximum absolute atomic E-state index is 12.6. The van der Waals surface area contributed by atoms with Gasteiger partial charge < -0.3 is 10.2 Å². The zero-order chi connectivity index (χ0) is 25.9. The van der Waals surface area contributed by atoms with Gasteiger partial charge in [0.05, 0.1) is 11.1 Å². The molecule has 0 radical (unpaired) electrons. The van der Waals surface area contributed by atoms with Crippen LogP contribution in [0, 0.1) is 0 Å². The van der Waals surface area contributed by atoms with Crippen LogP contribution in [-0.4, -0.2) is 40.3 Å². The number of nitrogens with zero attached hydrogens (tertiary/aromatic N) is 2. The molecule has 1 atom stereocenters. The van der Waals surface area contributed by atoms with Crippen molar-refractivity contribution in [2.24, 2.45) is 0 Å². The number of pyridine rings is 1. The maximum atomic E-state index is 12.6. The molecule has 1 saturated heterocycles. The number of rotatable bonds is 15. The van der Waals surface area contributed by atoms with Gasteiger partial charge in [-0.3, -0.25) is 14.6 Å². The summed E-state index contributed by atoms with van der Waals surface area (Å²) in [6, 6.07) is 3.54. The van der Waals surface area contributed by atoms with E-state index >= 15 is 0 Å². The van der Waals surface area contributed by atoms with Crippen molar-refractivity contribution in [3.8, 4) is 0 Å². The molecule has 1 aromatic heterocycles. The molecule has 194 valence electrons. The Bertz CT molecular complexity index is 930. The number of carbonyl (C=O) groups excluding carboxylic acids is 2. The molecule has 36 heavy (non-hydrogen) atoms. The second-order valence-corrected chi connectivity index (χ2v) is 9.43. The Kier molecular flexibility index (Phi) is 13.9. The van der Waals surface area contributed by atoms with E-state index in [4.69, 9.17) is 0 Å². The minimum absolute atomic E-state index is 0.0283. The Hall–Kier alpha value is -3.21. The summed E-state index contributed by atoms with van der Waals surface area (Å²) in [6.45, 7) is 5.34. The molecule has 1 aromatic rings. The number of carbonyl (C=O) groups is 2. The lowest BCUT2D eigenvalue weighted by Gasteiger charge is -2.26. The van der Waals surface area contributed by atoms with Crippen molar-refractivity contribution >= 4 is 11.8 Å². The van der Waals surface area contributed by atoms with Gasteiger partial charge in [0.25, 0.3) is 5.91 Å². The third-order valence-electron chi connectivity index (χ3n) is 6.04. The minimum Gasteiger partial charge on any atom is -0.349 e. The summed E-state index contributed by atoms with van der Waals surface area (Å²) in [6.07, 6.45) is 33.1. The molecule has 0 spiro atoms. The van der Waals surface area contributed by atoms with E-state index in [1.807, 2.05) is 6.92 Å². The van der Waals surface area contributed by atoms with Crippen molar-refractivity contribution in [3.05, 3.63) is 90.9 Å². The number of unbranched alkanes of at least 4 members (excludes halogenated alkanes) is 1. The number of amides is 2. The van der Waals surface area contributed by atoms with Gasteiger partial charge in [-0.25, -0.2) is 0 Å². The van der Waals surface area contributed by atoms with Crippen LogP contribution in [0.15, 0.2) is 85.3 Å². The van der Waals surface area contributed by atoms with Gasteiger partial charge in [-0.1, -0.05) is 67.7 Å². The topological polar surface area (TPSA) is 62.3 Å². The van der Waals surface area contributed by atoms with Crippen LogP contribution in [0.1, 0.15) is 82.0 Å². The first-order chi connectivity index (χ1) is 17.5. The van der Waals surface area contributed by atoms with Crippen LogP contribution in [0.3, 0.4) is 0 Å². The van der Waals surface area contributed by atoms with E-state index in [-0.39, 0.29) is 17.4 Å². The van der Waals surface area contributed by atoms with Crippen molar-refractivity contribution < 1.29 is 9.59 Å². The summed E-state index contributed by atoms with van der Waals surface area (Å²) >= 11 is 0. The summed E-state index contributed by atoms with van der Waals surface area (Å²) in [5, 5.41) is 3.15. The number of allylic oxidation sites excluding steroid dienone is 10. The van der Waals surface area contributed by atoms with Crippen molar-refractivity contribution in [1.29, 1.82) is 0 Å². The first kappa shape index (κ1) is 29.0. The average molecular weight is 490 g/mol. The van der Waals surface area contributed by atoms with Gasteiger partial charge >= 0.3 is 0 Å². The predicted molar refractivity (Wildman–Crippen MR) is 150 cm³/mol. The van der Waals surface area contributed by atoms with Gasteiger partial charge in [0.2, 0.25) is 5.91 Å². The van der Waals surface area contributed by atoms with E-state index in [2.05, 4.69) is 78.0 Å². The quantitative estimate of drug-likeness (QED) is 0.220. The van der Waals surface area contributed by atoms with E-state index in [1.165, 1.54) is 0 Å². The van der Waals surface area contributed by atoms with Crippen LogP contribution in [0.5, 0.6) is 0 Å². The van der Waals surface area contributed by atoms with Crippen LogP contribution in [-0.2, 0) is 4.79 Å². The molecule has 5 nitrogen and oxygen atoms in total. The van der Waals surface area contributed by atoms with Crippen LogP contribution in [0.25, 0.3) is 0 Å². The molecular weight excluding hydrogens is 446 g/mol. The standard InChI is InChI=1S/C31H43N3O2/c1-3-4-5-6-7-8-9-10-11-12-13-14-15-16-17-18-19-22-29(35)33-31(2)23-25-34(27-31)30(36)28-21-20-24-32-26-28/h4-5,7-8,10-11,13-14,16-17,20-21,24,26H,3,6,9,12,15,18-19,22-23,25,27H2,1-2H3,(H,33,35)/b5-4-,8-7-,11-10-,14-13-,17-16-/t31-/m0/s1. The Labute approximate surface area is 217 Å². The van der Waals surface area contributed by atoms with E-state index < -0.39 is 0 Å². The molecule has 1 fully saturated rings. The predicted octanol–water partition coefficient (Wildman–Crippen LogP) is 6.72. The van der Waals surface area contributed by atoms with E-state index in [1.54, 1.807) is 29.4 Å². The Morgan fingerprint density at radius 1 is 0.972 bits per heavy atom. The van der Waals surface area contributed by atoms with Gasteiger partial charge in [-0.2, -0.15) is 0 Å². The number of aromatic nitrogens is 1. The monoisotopic (exact) mass is 489 g/mol. The molecule has 1 aliphatic rings. The summed E-state index contributed by atoms with van der Waals surface area (Å²) in [7, 11) is 0. The zero-order valence-corrected chi connectivity index (χ0v) is 22.1. The van der Waals surface area contributed by atoms with Crippen LogP contribution >= 0.6 is 0 Å². The largest absolute Gasteiger partial charge is 0.349 e. The van der Waals surface area contributed by atoms with Crippen LogP contribution in [0.2, 0.25) is 0 Å². The molecule has 0 aromatic carbocycles. The Morgan fingerprint density at radius 2 is 1.58 bits per heavy atom. The lowest BCUT2D eigenvalue weighted by Crippen LogP contribution is -2.48. The van der Waals surface area contributed by atoms with Crippen LogP contribution in [0.4, 0.5) is 0 Å². The molecular formula is C31H43N3O2. The lowest BCUT2D eigenvalue weighted by atomic mass is 10.0. The molecule has 0 saturated carbocycles. The fraction of sp³-hybridized carbons (Fsp3) is 0.452. The van der Waals surface area contributed by atoms with Crippen molar-refractivity contribution in [1.82, 2.24) is 15.2 Å². The minimum atomic E-state index is -0.369. The molecule has 2 amide bonds. The highest BCUT2D eigenvalue weighted by molar-refractivity contribution is 5.94. The van der Waals surface area contributed by atoms with Crippen molar-refractivity contribution in [2.45, 2.75) is 77.2 Å². The number of hydrogen-bond donors (Lipinski definition) is 1. The highest BCUT2D eigenvalue weighted by atomic mass is 16.2.